The van der Waals surface area contributed by atoms with Crippen molar-refractivity contribution in [2.45, 2.75) is 95.5 Å². The molecule has 0 saturated carbocycles. The van der Waals surface area contributed by atoms with Gasteiger partial charge < -0.3 is 30.3 Å². The summed E-state index contributed by atoms with van der Waals surface area (Å²) in [5, 5.41) is 46.8. The minimum atomic E-state index is -1.72. The molecule has 0 aliphatic carbocycles. The second-order valence-electron chi connectivity index (χ2n) is 7.58. The number of carbonyl (C=O) groups is 1. The van der Waals surface area contributed by atoms with Crippen LogP contribution in [0.2, 0.25) is 0 Å². The van der Waals surface area contributed by atoms with Crippen LogP contribution < -0.4 is 0 Å². The molecule has 5 N–H and O–H groups in total. The zero-order chi connectivity index (χ0) is 23.3. The van der Waals surface area contributed by atoms with Gasteiger partial charge in [-0.2, -0.15) is 0 Å². The van der Waals surface area contributed by atoms with Crippen molar-refractivity contribution in [1.82, 2.24) is 0 Å². The molecule has 0 fully saturated rings. The fraction of sp³-hybridized carbons (Fsp3) is 0.708. The lowest BCUT2D eigenvalue weighted by molar-refractivity contribution is -0.156. The normalized spacial score (nSPS) is 16.2. The van der Waals surface area contributed by atoms with Crippen LogP contribution in [0.25, 0.3) is 0 Å². The van der Waals surface area contributed by atoms with Crippen molar-refractivity contribution < 1.29 is 35.1 Å². The molecule has 4 atom stereocenters. The van der Waals surface area contributed by atoms with E-state index in [1.54, 1.807) is 0 Å². The van der Waals surface area contributed by atoms with Crippen molar-refractivity contribution in [2.24, 2.45) is 0 Å². The SMILES string of the molecule is CC/C=C\C/C=C\C/C=C\CCCCCCCC(=O)OC[C@H](O)[C@@H](O)[C@H](O)[C@H](O)CO. The van der Waals surface area contributed by atoms with Gasteiger partial charge in [0.2, 0.25) is 0 Å². The average Bonchev–Trinajstić information content (AvgIpc) is 2.78. The largest absolute Gasteiger partial charge is 0.463 e. The molecule has 0 spiro atoms. The number of aliphatic hydroxyl groups is 5. The molecule has 180 valence electrons. The van der Waals surface area contributed by atoms with E-state index in [0.717, 1.165) is 51.4 Å². The Bertz CT molecular complexity index is 516. The summed E-state index contributed by atoms with van der Waals surface area (Å²) in [6.07, 6.45) is 15.7. The molecule has 0 saturated heterocycles. The number of hydrogen-bond acceptors (Lipinski definition) is 7. The molecule has 7 nitrogen and oxygen atoms in total. The molecule has 0 aromatic carbocycles. The third-order valence-electron chi connectivity index (χ3n) is 4.77. The van der Waals surface area contributed by atoms with E-state index in [0.29, 0.717) is 6.42 Å². The second kappa shape index (κ2) is 20.4. The maximum Gasteiger partial charge on any atom is 0.305 e. The molecule has 31 heavy (non-hydrogen) atoms. The van der Waals surface area contributed by atoms with Crippen LogP contribution in [0.5, 0.6) is 0 Å². The molecule has 0 aromatic rings. The van der Waals surface area contributed by atoms with Gasteiger partial charge in [-0.05, 0) is 38.5 Å². The number of carbonyl (C=O) groups excluding carboxylic acids is 1. The standard InChI is InChI=1S/C24H42O7/c1-2-3-4-5-6-7-8-9-10-11-12-13-14-15-16-17-22(28)31-19-21(27)24(30)23(29)20(26)18-25/h3-4,6-7,9-10,20-21,23-27,29-30H,2,5,8,11-19H2,1H3/b4-3-,7-6-,10-9-/t20-,21+,23-,24-/m1/s1. The van der Waals surface area contributed by atoms with Crippen LogP contribution in [0, 0.1) is 0 Å². The molecule has 0 unspecified atom stereocenters. The molecule has 0 amide bonds. The van der Waals surface area contributed by atoms with E-state index in [1.807, 2.05) is 0 Å². The monoisotopic (exact) mass is 442 g/mol. The number of allylic oxidation sites excluding steroid dienone is 6. The van der Waals surface area contributed by atoms with Crippen molar-refractivity contribution in [3.8, 4) is 0 Å². The summed E-state index contributed by atoms with van der Waals surface area (Å²) in [5.74, 6) is -0.482. The van der Waals surface area contributed by atoms with Crippen molar-refractivity contribution in [3.05, 3.63) is 36.5 Å². The molecule has 0 rings (SSSR count). The summed E-state index contributed by atoms with van der Waals surface area (Å²) in [4.78, 5) is 11.7. The molecule has 0 aliphatic rings. The molecule has 0 bridgehead atoms. The first-order valence-electron chi connectivity index (χ1n) is 11.4. The van der Waals surface area contributed by atoms with E-state index < -0.39 is 43.6 Å². The van der Waals surface area contributed by atoms with Gasteiger partial charge in [0.25, 0.3) is 0 Å². The van der Waals surface area contributed by atoms with Crippen molar-refractivity contribution in [2.75, 3.05) is 13.2 Å². The van der Waals surface area contributed by atoms with Crippen LogP contribution in [0.3, 0.4) is 0 Å². The highest BCUT2D eigenvalue weighted by Crippen LogP contribution is 2.10. The quantitative estimate of drug-likeness (QED) is 0.118. The first kappa shape index (κ1) is 29.5. The maximum absolute atomic E-state index is 11.7. The smallest absolute Gasteiger partial charge is 0.305 e. The Morgan fingerprint density at radius 3 is 1.97 bits per heavy atom. The fourth-order valence-electron chi connectivity index (χ4n) is 2.80. The Morgan fingerprint density at radius 1 is 0.774 bits per heavy atom. The molecule has 7 heteroatoms. The predicted octanol–water partition coefficient (Wildman–Crippen LogP) is 2.56. The van der Waals surface area contributed by atoms with Gasteiger partial charge in [0, 0.05) is 6.42 Å². The molecular formula is C24H42O7. The Morgan fingerprint density at radius 2 is 1.32 bits per heavy atom. The predicted molar refractivity (Wildman–Crippen MR) is 121 cm³/mol. The molecule has 0 aromatic heterocycles. The summed E-state index contributed by atoms with van der Waals surface area (Å²) in [7, 11) is 0. The lowest BCUT2D eigenvalue weighted by Gasteiger charge is -2.25. The van der Waals surface area contributed by atoms with Gasteiger partial charge >= 0.3 is 5.97 Å². The van der Waals surface area contributed by atoms with Gasteiger partial charge in [-0.25, -0.2) is 0 Å². The van der Waals surface area contributed by atoms with E-state index >= 15 is 0 Å². The van der Waals surface area contributed by atoms with Crippen LogP contribution in [0.1, 0.15) is 71.1 Å². The maximum atomic E-state index is 11.7. The Labute approximate surface area is 186 Å². The number of aliphatic hydroxyl groups excluding tert-OH is 5. The summed E-state index contributed by atoms with van der Waals surface area (Å²) in [6.45, 7) is 0.893. The minimum absolute atomic E-state index is 0.227. The van der Waals surface area contributed by atoms with Crippen molar-refractivity contribution in [1.29, 1.82) is 0 Å². The van der Waals surface area contributed by atoms with Gasteiger partial charge in [-0.3, -0.25) is 4.79 Å². The van der Waals surface area contributed by atoms with Gasteiger partial charge in [-0.15, -0.1) is 0 Å². The summed E-state index contributed by atoms with van der Waals surface area (Å²) >= 11 is 0. The van der Waals surface area contributed by atoms with E-state index in [9.17, 15) is 25.2 Å². The Balaban J connectivity index is 3.63. The highest BCUT2D eigenvalue weighted by molar-refractivity contribution is 5.69. The van der Waals surface area contributed by atoms with Gasteiger partial charge in [0.05, 0.1) is 6.61 Å². The molecule has 0 radical (unpaired) electrons. The number of unbranched alkanes of at least 4 members (excludes halogenated alkanes) is 5. The Kier molecular flexibility index (Phi) is 19.4. The summed E-state index contributed by atoms with van der Waals surface area (Å²) < 4.78 is 4.89. The second-order valence-corrected chi connectivity index (χ2v) is 7.58. The van der Waals surface area contributed by atoms with Crippen LogP contribution in [0.4, 0.5) is 0 Å². The first-order valence-corrected chi connectivity index (χ1v) is 11.4. The van der Waals surface area contributed by atoms with Crippen LogP contribution in [-0.2, 0) is 9.53 Å². The lowest BCUT2D eigenvalue weighted by atomic mass is 10.0. The summed E-state index contributed by atoms with van der Waals surface area (Å²) in [6, 6.07) is 0. The molecule has 0 aliphatic heterocycles. The van der Waals surface area contributed by atoms with Gasteiger partial charge in [-0.1, -0.05) is 62.6 Å². The van der Waals surface area contributed by atoms with Crippen molar-refractivity contribution >= 4 is 5.97 Å². The number of ether oxygens (including phenoxy) is 1. The third kappa shape index (κ3) is 16.8. The minimum Gasteiger partial charge on any atom is -0.463 e. The number of rotatable bonds is 19. The fourth-order valence-corrected chi connectivity index (χ4v) is 2.80. The Hall–Kier alpha value is -1.51. The van der Waals surface area contributed by atoms with Gasteiger partial charge in [0.15, 0.2) is 0 Å². The highest BCUT2D eigenvalue weighted by atomic mass is 16.5. The van der Waals surface area contributed by atoms with Crippen LogP contribution in [-0.4, -0.2) is 69.1 Å². The van der Waals surface area contributed by atoms with E-state index in [-0.39, 0.29) is 6.42 Å². The van der Waals surface area contributed by atoms with E-state index in [1.165, 1.54) is 0 Å². The lowest BCUT2D eigenvalue weighted by Crippen LogP contribution is -2.47. The third-order valence-corrected chi connectivity index (χ3v) is 4.77. The van der Waals surface area contributed by atoms with Crippen LogP contribution in [0.15, 0.2) is 36.5 Å². The topological polar surface area (TPSA) is 127 Å². The zero-order valence-electron chi connectivity index (χ0n) is 18.8. The number of esters is 1. The average molecular weight is 443 g/mol. The first-order chi connectivity index (χ1) is 14.9. The zero-order valence-corrected chi connectivity index (χ0v) is 18.8. The summed E-state index contributed by atoms with van der Waals surface area (Å²) in [5.41, 5.74) is 0. The molecular weight excluding hydrogens is 400 g/mol. The van der Waals surface area contributed by atoms with E-state index in [2.05, 4.69) is 43.4 Å². The van der Waals surface area contributed by atoms with Crippen molar-refractivity contribution in [3.63, 3.8) is 0 Å². The van der Waals surface area contributed by atoms with Crippen LogP contribution >= 0.6 is 0 Å². The van der Waals surface area contributed by atoms with Gasteiger partial charge in [0.1, 0.15) is 31.0 Å². The highest BCUT2D eigenvalue weighted by Gasteiger charge is 2.30. The van der Waals surface area contributed by atoms with E-state index in [4.69, 9.17) is 9.84 Å². The molecule has 0 heterocycles. The number of hydrogen-bond donors (Lipinski definition) is 5.